The van der Waals surface area contributed by atoms with Crippen LogP contribution in [0, 0.1) is 5.92 Å². The highest BCUT2D eigenvalue weighted by atomic mass is 32.2. The van der Waals surface area contributed by atoms with Crippen LogP contribution in [0.3, 0.4) is 0 Å². The van der Waals surface area contributed by atoms with Crippen LogP contribution in [0.2, 0.25) is 0 Å². The van der Waals surface area contributed by atoms with Gasteiger partial charge < -0.3 is 14.8 Å². The SMILES string of the molecule is CCOc1ccc(CNCC2CCSCC2)cc1OC. The summed E-state index contributed by atoms with van der Waals surface area (Å²) in [5, 5.41) is 3.57. The van der Waals surface area contributed by atoms with Gasteiger partial charge >= 0.3 is 0 Å². The number of nitrogens with one attached hydrogen (secondary N) is 1. The zero-order valence-electron chi connectivity index (χ0n) is 12.5. The van der Waals surface area contributed by atoms with Crippen molar-refractivity contribution >= 4 is 11.8 Å². The van der Waals surface area contributed by atoms with E-state index in [2.05, 4.69) is 29.2 Å². The standard InChI is InChI=1S/C16H25NO2S/c1-3-19-15-5-4-14(10-16(15)18-2)12-17-11-13-6-8-20-9-7-13/h4-5,10,13,17H,3,6-9,11-12H2,1-2H3. The van der Waals surface area contributed by atoms with Crippen LogP contribution >= 0.6 is 11.8 Å². The fourth-order valence-electron chi connectivity index (χ4n) is 2.47. The average molecular weight is 295 g/mol. The highest BCUT2D eigenvalue weighted by Gasteiger charge is 2.13. The van der Waals surface area contributed by atoms with Gasteiger partial charge in [-0.05, 0) is 61.4 Å². The van der Waals surface area contributed by atoms with Gasteiger partial charge in [-0.2, -0.15) is 11.8 Å². The summed E-state index contributed by atoms with van der Waals surface area (Å²) in [6.07, 6.45) is 2.70. The summed E-state index contributed by atoms with van der Waals surface area (Å²) in [6, 6.07) is 6.17. The maximum absolute atomic E-state index is 5.53. The fraction of sp³-hybridized carbons (Fsp3) is 0.625. The molecule has 1 N–H and O–H groups in total. The molecule has 1 saturated heterocycles. The lowest BCUT2D eigenvalue weighted by Gasteiger charge is -2.21. The maximum atomic E-state index is 5.53. The molecular weight excluding hydrogens is 270 g/mol. The summed E-state index contributed by atoms with van der Waals surface area (Å²) in [5.41, 5.74) is 1.25. The van der Waals surface area contributed by atoms with Gasteiger partial charge in [0.05, 0.1) is 13.7 Å². The second kappa shape index (κ2) is 8.42. The summed E-state index contributed by atoms with van der Waals surface area (Å²) >= 11 is 2.08. The van der Waals surface area contributed by atoms with Crippen molar-refractivity contribution in [3.63, 3.8) is 0 Å². The summed E-state index contributed by atoms with van der Waals surface area (Å²) < 4.78 is 10.9. The van der Waals surface area contributed by atoms with Crippen molar-refractivity contribution in [2.75, 3.05) is 31.8 Å². The topological polar surface area (TPSA) is 30.5 Å². The van der Waals surface area contributed by atoms with E-state index >= 15 is 0 Å². The molecule has 2 rings (SSSR count). The molecular formula is C16H25NO2S. The molecule has 1 aromatic carbocycles. The molecule has 0 unspecified atom stereocenters. The van der Waals surface area contributed by atoms with Gasteiger partial charge in [0.2, 0.25) is 0 Å². The Morgan fingerprint density at radius 1 is 1.25 bits per heavy atom. The monoisotopic (exact) mass is 295 g/mol. The number of ether oxygens (including phenoxy) is 2. The van der Waals surface area contributed by atoms with E-state index in [1.54, 1.807) is 7.11 Å². The van der Waals surface area contributed by atoms with Gasteiger partial charge in [-0.1, -0.05) is 6.07 Å². The van der Waals surface area contributed by atoms with Crippen LogP contribution < -0.4 is 14.8 Å². The Bertz CT molecular complexity index is 405. The lowest BCUT2D eigenvalue weighted by molar-refractivity contribution is 0.310. The van der Waals surface area contributed by atoms with Crippen LogP contribution in [0.25, 0.3) is 0 Å². The second-order valence-corrected chi connectivity index (χ2v) is 6.33. The molecule has 0 aliphatic carbocycles. The van der Waals surface area contributed by atoms with Gasteiger partial charge in [0.1, 0.15) is 0 Å². The van der Waals surface area contributed by atoms with Crippen LogP contribution in [0.5, 0.6) is 11.5 Å². The summed E-state index contributed by atoms with van der Waals surface area (Å²) in [7, 11) is 1.69. The van der Waals surface area contributed by atoms with Gasteiger partial charge in [0.15, 0.2) is 11.5 Å². The summed E-state index contributed by atoms with van der Waals surface area (Å²) in [4.78, 5) is 0. The number of thioether (sulfide) groups is 1. The van der Waals surface area contributed by atoms with Crippen molar-refractivity contribution in [2.45, 2.75) is 26.3 Å². The van der Waals surface area contributed by atoms with E-state index in [1.807, 2.05) is 13.0 Å². The minimum atomic E-state index is 0.660. The van der Waals surface area contributed by atoms with Crippen LogP contribution in [0.15, 0.2) is 18.2 Å². The van der Waals surface area contributed by atoms with Crippen molar-refractivity contribution in [2.24, 2.45) is 5.92 Å². The molecule has 0 atom stereocenters. The third-order valence-corrected chi connectivity index (χ3v) is 4.68. The van der Waals surface area contributed by atoms with E-state index in [0.29, 0.717) is 6.61 Å². The molecule has 1 fully saturated rings. The first-order chi connectivity index (χ1) is 9.83. The van der Waals surface area contributed by atoms with E-state index in [4.69, 9.17) is 9.47 Å². The Morgan fingerprint density at radius 2 is 2.05 bits per heavy atom. The van der Waals surface area contributed by atoms with E-state index in [9.17, 15) is 0 Å². The van der Waals surface area contributed by atoms with Crippen molar-refractivity contribution in [3.05, 3.63) is 23.8 Å². The number of hydrogen-bond acceptors (Lipinski definition) is 4. The summed E-state index contributed by atoms with van der Waals surface area (Å²) in [5.74, 6) is 5.14. The Hall–Kier alpha value is -0.870. The highest BCUT2D eigenvalue weighted by molar-refractivity contribution is 7.99. The van der Waals surface area contributed by atoms with Crippen LogP contribution in [-0.4, -0.2) is 31.8 Å². The van der Waals surface area contributed by atoms with Crippen LogP contribution in [-0.2, 0) is 6.54 Å². The molecule has 0 aromatic heterocycles. The van der Waals surface area contributed by atoms with Gasteiger partial charge in [-0.3, -0.25) is 0 Å². The van der Waals surface area contributed by atoms with E-state index in [0.717, 1.165) is 30.5 Å². The largest absolute Gasteiger partial charge is 0.493 e. The van der Waals surface area contributed by atoms with E-state index in [-0.39, 0.29) is 0 Å². The molecule has 0 radical (unpaired) electrons. The predicted molar refractivity (Wildman–Crippen MR) is 85.9 cm³/mol. The Labute approximate surface area is 126 Å². The molecule has 1 aliphatic rings. The van der Waals surface area contributed by atoms with Crippen molar-refractivity contribution in [1.82, 2.24) is 5.32 Å². The lowest BCUT2D eigenvalue weighted by atomic mass is 10.0. The zero-order chi connectivity index (χ0) is 14.2. The number of hydrogen-bond donors (Lipinski definition) is 1. The minimum Gasteiger partial charge on any atom is -0.493 e. The molecule has 1 aliphatic heterocycles. The lowest BCUT2D eigenvalue weighted by Crippen LogP contribution is -2.25. The molecule has 3 nitrogen and oxygen atoms in total. The Balaban J connectivity index is 1.82. The molecule has 0 saturated carbocycles. The first-order valence-corrected chi connectivity index (χ1v) is 8.57. The number of rotatable bonds is 7. The Morgan fingerprint density at radius 3 is 2.75 bits per heavy atom. The molecule has 0 bridgehead atoms. The molecule has 1 aromatic rings. The maximum Gasteiger partial charge on any atom is 0.161 e. The normalized spacial score (nSPS) is 16.1. The van der Waals surface area contributed by atoms with Crippen molar-refractivity contribution in [3.8, 4) is 11.5 Å². The molecule has 0 spiro atoms. The van der Waals surface area contributed by atoms with Crippen LogP contribution in [0.1, 0.15) is 25.3 Å². The molecule has 112 valence electrons. The molecule has 0 amide bonds. The summed E-state index contributed by atoms with van der Waals surface area (Å²) in [6.45, 7) is 4.66. The first kappa shape index (κ1) is 15.5. The van der Waals surface area contributed by atoms with E-state index < -0.39 is 0 Å². The highest BCUT2D eigenvalue weighted by Crippen LogP contribution is 2.28. The van der Waals surface area contributed by atoms with E-state index in [1.165, 1.54) is 29.9 Å². The molecule has 4 heteroatoms. The van der Waals surface area contributed by atoms with Gasteiger partial charge in [-0.25, -0.2) is 0 Å². The Kier molecular flexibility index (Phi) is 6.54. The predicted octanol–water partition coefficient (Wildman–Crippen LogP) is 3.33. The fourth-order valence-corrected chi connectivity index (χ4v) is 3.67. The zero-order valence-corrected chi connectivity index (χ0v) is 13.3. The third kappa shape index (κ3) is 4.60. The quantitative estimate of drug-likeness (QED) is 0.836. The molecule has 20 heavy (non-hydrogen) atoms. The van der Waals surface area contributed by atoms with Gasteiger partial charge in [0, 0.05) is 6.54 Å². The van der Waals surface area contributed by atoms with Gasteiger partial charge in [-0.15, -0.1) is 0 Å². The molecule has 1 heterocycles. The first-order valence-electron chi connectivity index (χ1n) is 7.41. The van der Waals surface area contributed by atoms with Gasteiger partial charge in [0.25, 0.3) is 0 Å². The van der Waals surface area contributed by atoms with Crippen molar-refractivity contribution < 1.29 is 9.47 Å². The van der Waals surface area contributed by atoms with Crippen LogP contribution in [0.4, 0.5) is 0 Å². The third-order valence-electron chi connectivity index (χ3n) is 3.63. The minimum absolute atomic E-state index is 0.660. The number of methoxy groups -OCH3 is 1. The van der Waals surface area contributed by atoms with Crippen molar-refractivity contribution in [1.29, 1.82) is 0 Å². The second-order valence-electron chi connectivity index (χ2n) is 5.10. The average Bonchev–Trinajstić information content (AvgIpc) is 2.50. The number of benzene rings is 1. The smallest absolute Gasteiger partial charge is 0.161 e.